The van der Waals surface area contributed by atoms with Gasteiger partial charge in [0.1, 0.15) is 11.5 Å². The van der Waals surface area contributed by atoms with Crippen molar-refractivity contribution in [2.24, 2.45) is 0 Å². The van der Waals surface area contributed by atoms with Gasteiger partial charge in [-0.3, -0.25) is 0 Å². The summed E-state index contributed by atoms with van der Waals surface area (Å²) in [6, 6.07) is 12.2. The van der Waals surface area contributed by atoms with Gasteiger partial charge >= 0.3 is 0 Å². The summed E-state index contributed by atoms with van der Waals surface area (Å²) in [4.78, 5) is 0. The Morgan fingerprint density at radius 3 is 2.52 bits per heavy atom. The zero-order valence-electron chi connectivity index (χ0n) is 11.9. The van der Waals surface area contributed by atoms with E-state index in [1.165, 1.54) is 7.11 Å². The molecular formula is C16H16N2O3. The van der Waals surface area contributed by atoms with E-state index in [1.807, 2.05) is 6.92 Å². The average Bonchev–Trinajstić information content (AvgIpc) is 2.47. The Bertz CT molecular complexity index is 678. The molecule has 0 heterocycles. The molecule has 0 amide bonds. The van der Waals surface area contributed by atoms with E-state index in [2.05, 4.69) is 6.07 Å². The standard InChI is InChI=1S/C16H16N2O3/c1-3-20-13-7-12(18)8-14(9-13)21-15-5-4-11(10-17)6-16(15)19-2/h4-9H,3,18H2,1-2H3. The average molecular weight is 284 g/mol. The summed E-state index contributed by atoms with van der Waals surface area (Å²) in [6.07, 6.45) is 0. The fraction of sp³-hybridized carbons (Fsp3) is 0.188. The van der Waals surface area contributed by atoms with E-state index < -0.39 is 0 Å². The Morgan fingerprint density at radius 1 is 1.10 bits per heavy atom. The predicted molar refractivity (Wildman–Crippen MR) is 79.8 cm³/mol. The van der Waals surface area contributed by atoms with E-state index in [4.69, 9.17) is 25.2 Å². The Morgan fingerprint density at radius 2 is 1.86 bits per heavy atom. The molecule has 2 rings (SSSR count). The molecule has 0 spiro atoms. The van der Waals surface area contributed by atoms with Crippen LogP contribution < -0.4 is 19.9 Å². The molecule has 21 heavy (non-hydrogen) atoms. The van der Waals surface area contributed by atoms with E-state index in [1.54, 1.807) is 36.4 Å². The van der Waals surface area contributed by atoms with Crippen LogP contribution in [0.2, 0.25) is 0 Å². The summed E-state index contributed by atoms with van der Waals surface area (Å²) < 4.78 is 16.4. The lowest BCUT2D eigenvalue weighted by molar-refractivity contribution is 0.337. The van der Waals surface area contributed by atoms with Crippen LogP contribution in [0.25, 0.3) is 0 Å². The van der Waals surface area contributed by atoms with Crippen LogP contribution in [0.4, 0.5) is 5.69 Å². The minimum Gasteiger partial charge on any atom is -0.494 e. The highest BCUT2D eigenvalue weighted by Crippen LogP contribution is 2.34. The minimum atomic E-state index is 0.481. The monoisotopic (exact) mass is 284 g/mol. The second kappa shape index (κ2) is 6.53. The lowest BCUT2D eigenvalue weighted by Gasteiger charge is -2.12. The second-order valence-electron chi connectivity index (χ2n) is 4.25. The molecule has 0 bridgehead atoms. The molecule has 5 heteroatoms. The molecule has 0 aliphatic rings. The molecule has 0 aliphatic heterocycles. The molecule has 0 aromatic heterocycles. The number of methoxy groups -OCH3 is 1. The van der Waals surface area contributed by atoms with Gasteiger partial charge in [0, 0.05) is 30.0 Å². The molecule has 0 radical (unpaired) electrons. The van der Waals surface area contributed by atoms with Crippen molar-refractivity contribution in [3.05, 3.63) is 42.0 Å². The number of rotatable bonds is 5. The normalized spacial score (nSPS) is 9.76. The first-order chi connectivity index (χ1) is 10.2. The van der Waals surface area contributed by atoms with Crippen molar-refractivity contribution in [3.63, 3.8) is 0 Å². The number of anilines is 1. The third-order valence-corrected chi connectivity index (χ3v) is 2.73. The van der Waals surface area contributed by atoms with E-state index in [0.717, 1.165) is 0 Å². The molecular weight excluding hydrogens is 268 g/mol. The third kappa shape index (κ3) is 3.57. The molecule has 0 saturated heterocycles. The van der Waals surface area contributed by atoms with E-state index >= 15 is 0 Å². The van der Waals surface area contributed by atoms with Crippen molar-refractivity contribution in [1.29, 1.82) is 5.26 Å². The van der Waals surface area contributed by atoms with Gasteiger partial charge in [-0.05, 0) is 19.1 Å². The molecule has 2 N–H and O–H groups in total. The van der Waals surface area contributed by atoms with Crippen molar-refractivity contribution in [1.82, 2.24) is 0 Å². The molecule has 108 valence electrons. The van der Waals surface area contributed by atoms with Gasteiger partial charge in [-0.15, -0.1) is 0 Å². The summed E-state index contributed by atoms with van der Waals surface area (Å²) in [7, 11) is 1.52. The van der Waals surface area contributed by atoms with Gasteiger partial charge in [0.05, 0.1) is 25.3 Å². The number of ether oxygens (including phenoxy) is 3. The quantitative estimate of drug-likeness (QED) is 0.852. The number of hydrogen-bond acceptors (Lipinski definition) is 5. The topological polar surface area (TPSA) is 77.5 Å². The van der Waals surface area contributed by atoms with Crippen LogP contribution in [0.5, 0.6) is 23.0 Å². The van der Waals surface area contributed by atoms with Crippen LogP contribution in [0, 0.1) is 11.3 Å². The SMILES string of the molecule is CCOc1cc(N)cc(Oc2ccc(C#N)cc2OC)c1. The van der Waals surface area contributed by atoms with Crippen LogP contribution in [-0.2, 0) is 0 Å². The fourth-order valence-corrected chi connectivity index (χ4v) is 1.85. The van der Waals surface area contributed by atoms with Crippen molar-refractivity contribution in [2.45, 2.75) is 6.92 Å². The smallest absolute Gasteiger partial charge is 0.169 e. The first kappa shape index (κ1) is 14.5. The fourth-order valence-electron chi connectivity index (χ4n) is 1.85. The number of nitriles is 1. The van der Waals surface area contributed by atoms with Gasteiger partial charge < -0.3 is 19.9 Å². The van der Waals surface area contributed by atoms with Crippen molar-refractivity contribution < 1.29 is 14.2 Å². The molecule has 0 fully saturated rings. The highest BCUT2D eigenvalue weighted by atomic mass is 16.5. The third-order valence-electron chi connectivity index (χ3n) is 2.73. The molecule has 0 aliphatic carbocycles. The molecule has 0 saturated carbocycles. The zero-order valence-corrected chi connectivity index (χ0v) is 11.9. The number of nitrogen functional groups attached to an aromatic ring is 1. The first-order valence-corrected chi connectivity index (χ1v) is 6.45. The maximum atomic E-state index is 8.89. The van der Waals surface area contributed by atoms with Gasteiger partial charge in [-0.2, -0.15) is 5.26 Å². The highest BCUT2D eigenvalue weighted by molar-refractivity contribution is 5.53. The van der Waals surface area contributed by atoms with Gasteiger partial charge in [-0.1, -0.05) is 0 Å². The van der Waals surface area contributed by atoms with Crippen LogP contribution in [0.3, 0.4) is 0 Å². The van der Waals surface area contributed by atoms with E-state index in [0.29, 0.717) is 40.9 Å². The van der Waals surface area contributed by atoms with Gasteiger partial charge in [0.15, 0.2) is 11.5 Å². The summed E-state index contributed by atoms with van der Waals surface area (Å²) in [5, 5.41) is 8.89. The van der Waals surface area contributed by atoms with Gasteiger partial charge in [0.25, 0.3) is 0 Å². The van der Waals surface area contributed by atoms with E-state index in [9.17, 15) is 0 Å². The predicted octanol–water partition coefficient (Wildman–Crippen LogP) is 3.34. The van der Waals surface area contributed by atoms with Crippen molar-refractivity contribution in [2.75, 3.05) is 19.5 Å². The second-order valence-corrected chi connectivity index (χ2v) is 4.25. The molecule has 0 atom stereocenters. The molecule has 2 aromatic carbocycles. The Balaban J connectivity index is 2.31. The van der Waals surface area contributed by atoms with Gasteiger partial charge in [0.2, 0.25) is 0 Å². The number of benzene rings is 2. The molecule has 0 unspecified atom stereocenters. The number of nitrogens with zero attached hydrogens (tertiary/aromatic N) is 1. The maximum Gasteiger partial charge on any atom is 0.169 e. The lowest BCUT2D eigenvalue weighted by atomic mass is 10.2. The van der Waals surface area contributed by atoms with E-state index in [-0.39, 0.29) is 0 Å². The summed E-state index contributed by atoms with van der Waals surface area (Å²) in [5.41, 5.74) is 6.87. The summed E-state index contributed by atoms with van der Waals surface area (Å²) >= 11 is 0. The Labute approximate surface area is 123 Å². The molecule has 5 nitrogen and oxygen atoms in total. The van der Waals surface area contributed by atoms with Crippen molar-refractivity contribution >= 4 is 5.69 Å². The number of hydrogen-bond donors (Lipinski definition) is 1. The zero-order chi connectivity index (χ0) is 15.2. The van der Waals surface area contributed by atoms with Crippen LogP contribution in [-0.4, -0.2) is 13.7 Å². The lowest BCUT2D eigenvalue weighted by Crippen LogP contribution is -1.96. The number of nitrogens with two attached hydrogens (primary N) is 1. The van der Waals surface area contributed by atoms with Crippen LogP contribution >= 0.6 is 0 Å². The summed E-state index contributed by atoms with van der Waals surface area (Å²) in [5.74, 6) is 2.17. The van der Waals surface area contributed by atoms with Crippen LogP contribution in [0.15, 0.2) is 36.4 Å². The van der Waals surface area contributed by atoms with Crippen LogP contribution in [0.1, 0.15) is 12.5 Å². The Kier molecular flexibility index (Phi) is 4.52. The van der Waals surface area contributed by atoms with Gasteiger partial charge in [-0.25, -0.2) is 0 Å². The first-order valence-electron chi connectivity index (χ1n) is 6.45. The largest absolute Gasteiger partial charge is 0.494 e. The molecule has 2 aromatic rings. The Hall–Kier alpha value is -2.87. The van der Waals surface area contributed by atoms with Crippen molar-refractivity contribution in [3.8, 4) is 29.1 Å². The minimum absolute atomic E-state index is 0.481. The maximum absolute atomic E-state index is 8.89. The summed E-state index contributed by atoms with van der Waals surface area (Å²) in [6.45, 7) is 2.44. The highest BCUT2D eigenvalue weighted by Gasteiger charge is 2.08.